The molecule has 1 amide bonds. The Bertz CT molecular complexity index is 585. The molecule has 1 aromatic rings. The number of aliphatic hydroxyl groups excluding tert-OH is 1. The Kier molecular flexibility index (Phi) is 6.15. The van der Waals surface area contributed by atoms with E-state index in [1.54, 1.807) is 4.90 Å². The highest BCUT2D eigenvalue weighted by atomic mass is 16.6. The Morgan fingerprint density at radius 1 is 1.20 bits per heavy atom. The zero-order chi connectivity index (χ0) is 17.6. The molecule has 6 nitrogen and oxygen atoms in total. The molecule has 1 saturated heterocycles. The highest BCUT2D eigenvalue weighted by molar-refractivity contribution is 5.67. The summed E-state index contributed by atoms with van der Waals surface area (Å²) in [5.74, 6) is 0.840. The number of hydrogen-bond acceptors (Lipinski definition) is 5. The van der Waals surface area contributed by atoms with Gasteiger partial charge in [0.05, 0.1) is 6.61 Å². The lowest BCUT2D eigenvalue weighted by atomic mass is 10.1. The van der Waals surface area contributed by atoms with Gasteiger partial charge in [0.25, 0.3) is 0 Å². The molecule has 1 N–H and O–H groups in total. The molecule has 3 rings (SSSR count). The topological polar surface area (TPSA) is 62.2 Å². The molecule has 1 aliphatic carbocycles. The zero-order valence-corrected chi connectivity index (χ0v) is 14.9. The van der Waals surface area contributed by atoms with Crippen LogP contribution in [0.25, 0.3) is 0 Å². The van der Waals surface area contributed by atoms with E-state index in [2.05, 4.69) is 17.0 Å². The van der Waals surface area contributed by atoms with Gasteiger partial charge >= 0.3 is 6.09 Å². The maximum absolute atomic E-state index is 11.7. The van der Waals surface area contributed by atoms with Crippen molar-refractivity contribution < 1.29 is 19.4 Å². The van der Waals surface area contributed by atoms with Crippen LogP contribution in [0.2, 0.25) is 0 Å². The van der Waals surface area contributed by atoms with E-state index < -0.39 is 6.10 Å². The Labute approximate surface area is 149 Å². The average Bonchev–Trinajstić information content (AvgIpc) is 3.08. The van der Waals surface area contributed by atoms with Crippen LogP contribution in [-0.4, -0.2) is 73.0 Å². The molecule has 1 fully saturated rings. The maximum atomic E-state index is 11.7. The minimum absolute atomic E-state index is 0.248. The molecule has 2 aliphatic rings. The second-order valence-electron chi connectivity index (χ2n) is 6.74. The lowest BCUT2D eigenvalue weighted by Gasteiger charge is -2.34. The summed E-state index contributed by atoms with van der Waals surface area (Å²) in [5.41, 5.74) is 2.80. The van der Waals surface area contributed by atoms with E-state index in [1.165, 1.54) is 17.5 Å². The fourth-order valence-corrected chi connectivity index (χ4v) is 3.51. The number of benzene rings is 1. The van der Waals surface area contributed by atoms with Crippen LogP contribution in [0.1, 0.15) is 24.5 Å². The van der Waals surface area contributed by atoms with Crippen molar-refractivity contribution in [2.45, 2.75) is 32.3 Å². The third kappa shape index (κ3) is 4.86. The average molecular weight is 348 g/mol. The molecule has 1 aromatic carbocycles. The molecule has 0 unspecified atom stereocenters. The number of ether oxygens (including phenoxy) is 2. The maximum Gasteiger partial charge on any atom is 0.409 e. The standard InChI is InChI=1S/C19H28N2O4/c1-2-24-19(23)21-10-8-20(9-11-21)13-17(22)14-25-18-7-6-15-4-3-5-16(15)12-18/h6-7,12,17,22H,2-5,8-11,13-14H2,1H3/t17-/m1/s1. The summed E-state index contributed by atoms with van der Waals surface area (Å²) in [6.45, 7) is 5.82. The highest BCUT2D eigenvalue weighted by Gasteiger charge is 2.23. The Morgan fingerprint density at radius 3 is 2.72 bits per heavy atom. The second kappa shape index (κ2) is 8.54. The van der Waals surface area contributed by atoms with Crippen LogP contribution < -0.4 is 4.74 Å². The van der Waals surface area contributed by atoms with E-state index in [0.717, 1.165) is 31.7 Å². The first kappa shape index (κ1) is 18.0. The number of fused-ring (bicyclic) bond motifs is 1. The summed E-state index contributed by atoms with van der Waals surface area (Å²) in [7, 11) is 0. The van der Waals surface area contributed by atoms with Gasteiger partial charge in [-0.15, -0.1) is 0 Å². The third-order valence-electron chi connectivity index (χ3n) is 4.88. The smallest absolute Gasteiger partial charge is 0.409 e. The van der Waals surface area contributed by atoms with Crippen LogP contribution in [-0.2, 0) is 17.6 Å². The molecule has 6 heteroatoms. The molecule has 25 heavy (non-hydrogen) atoms. The molecule has 1 heterocycles. The van der Waals surface area contributed by atoms with Crippen LogP contribution in [0.3, 0.4) is 0 Å². The van der Waals surface area contributed by atoms with Gasteiger partial charge in [0.2, 0.25) is 0 Å². The molecule has 0 aromatic heterocycles. The highest BCUT2D eigenvalue weighted by Crippen LogP contribution is 2.26. The van der Waals surface area contributed by atoms with Crippen molar-refractivity contribution in [1.29, 1.82) is 0 Å². The van der Waals surface area contributed by atoms with Gasteiger partial charge in [-0.2, -0.15) is 0 Å². The SMILES string of the molecule is CCOC(=O)N1CCN(C[C@@H](O)COc2ccc3c(c2)CCC3)CC1. The summed E-state index contributed by atoms with van der Waals surface area (Å²) in [6.07, 6.45) is 2.72. The summed E-state index contributed by atoms with van der Waals surface area (Å²) >= 11 is 0. The van der Waals surface area contributed by atoms with Crippen LogP contribution in [0.4, 0.5) is 4.79 Å². The number of amides is 1. The van der Waals surface area contributed by atoms with Crippen molar-refractivity contribution >= 4 is 6.09 Å². The molecule has 0 spiro atoms. The Balaban J connectivity index is 1.38. The van der Waals surface area contributed by atoms with Gasteiger partial charge in [-0.3, -0.25) is 4.90 Å². The molecule has 0 radical (unpaired) electrons. The van der Waals surface area contributed by atoms with E-state index in [0.29, 0.717) is 26.2 Å². The van der Waals surface area contributed by atoms with Crippen LogP contribution >= 0.6 is 0 Å². The predicted octanol–water partition coefficient (Wildman–Crippen LogP) is 1.69. The first-order valence-electron chi connectivity index (χ1n) is 9.22. The number of carbonyl (C=O) groups is 1. The quantitative estimate of drug-likeness (QED) is 0.848. The Morgan fingerprint density at radius 2 is 1.96 bits per heavy atom. The van der Waals surface area contributed by atoms with Crippen molar-refractivity contribution in [2.75, 3.05) is 45.9 Å². The van der Waals surface area contributed by atoms with Crippen LogP contribution in [0.5, 0.6) is 5.75 Å². The summed E-state index contributed by atoms with van der Waals surface area (Å²) in [5, 5.41) is 10.2. The van der Waals surface area contributed by atoms with Gasteiger partial charge in [-0.05, 0) is 49.4 Å². The summed E-state index contributed by atoms with van der Waals surface area (Å²) in [4.78, 5) is 15.6. The molecular formula is C19H28N2O4. The fraction of sp³-hybridized carbons (Fsp3) is 0.632. The van der Waals surface area contributed by atoms with Crippen LogP contribution in [0, 0.1) is 0 Å². The van der Waals surface area contributed by atoms with E-state index in [1.807, 2.05) is 13.0 Å². The molecule has 1 atom stereocenters. The van der Waals surface area contributed by atoms with E-state index >= 15 is 0 Å². The molecular weight excluding hydrogens is 320 g/mol. The predicted molar refractivity (Wildman–Crippen MR) is 95.0 cm³/mol. The minimum Gasteiger partial charge on any atom is -0.491 e. The lowest BCUT2D eigenvalue weighted by Crippen LogP contribution is -2.51. The molecule has 0 saturated carbocycles. The second-order valence-corrected chi connectivity index (χ2v) is 6.74. The molecule has 1 aliphatic heterocycles. The number of aliphatic hydroxyl groups is 1. The number of carbonyl (C=O) groups excluding carboxylic acids is 1. The van der Waals surface area contributed by atoms with Crippen LogP contribution in [0.15, 0.2) is 18.2 Å². The van der Waals surface area contributed by atoms with Crippen molar-refractivity contribution in [3.63, 3.8) is 0 Å². The normalized spacial score (nSPS) is 18.7. The largest absolute Gasteiger partial charge is 0.491 e. The molecule has 138 valence electrons. The molecule has 0 bridgehead atoms. The third-order valence-corrected chi connectivity index (χ3v) is 4.88. The first-order chi connectivity index (χ1) is 12.2. The number of nitrogens with zero attached hydrogens (tertiary/aromatic N) is 2. The minimum atomic E-state index is -0.539. The van der Waals surface area contributed by atoms with Gasteiger partial charge in [-0.1, -0.05) is 6.07 Å². The number of β-amino-alcohol motifs (C(OH)–C–C–N with tert-alkyl or cyclic N) is 1. The van der Waals surface area contributed by atoms with Crippen molar-refractivity contribution in [2.24, 2.45) is 0 Å². The zero-order valence-electron chi connectivity index (χ0n) is 14.9. The van der Waals surface area contributed by atoms with Crippen molar-refractivity contribution in [3.8, 4) is 5.75 Å². The van der Waals surface area contributed by atoms with Gasteiger partial charge in [-0.25, -0.2) is 4.79 Å². The van der Waals surface area contributed by atoms with Crippen molar-refractivity contribution in [3.05, 3.63) is 29.3 Å². The van der Waals surface area contributed by atoms with Gasteiger partial charge < -0.3 is 19.5 Å². The number of hydrogen-bond donors (Lipinski definition) is 1. The van der Waals surface area contributed by atoms with Crippen molar-refractivity contribution in [1.82, 2.24) is 9.80 Å². The number of piperazine rings is 1. The van der Waals surface area contributed by atoms with E-state index in [-0.39, 0.29) is 12.7 Å². The lowest BCUT2D eigenvalue weighted by molar-refractivity contribution is 0.0407. The fourth-order valence-electron chi connectivity index (χ4n) is 3.51. The Hall–Kier alpha value is -1.79. The van der Waals surface area contributed by atoms with E-state index in [9.17, 15) is 9.90 Å². The summed E-state index contributed by atoms with van der Waals surface area (Å²) in [6, 6.07) is 6.24. The monoisotopic (exact) mass is 348 g/mol. The van der Waals surface area contributed by atoms with Gasteiger partial charge in [0, 0.05) is 32.7 Å². The first-order valence-corrected chi connectivity index (χ1v) is 9.22. The number of rotatable bonds is 6. The van der Waals surface area contributed by atoms with Gasteiger partial charge in [0.1, 0.15) is 18.5 Å². The number of aryl methyl sites for hydroxylation is 2. The summed E-state index contributed by atoms with van der Waals surface area (Å²) < 4.78 is 10.8. The van der Waals surface area contributed by atoms with E-state index in [4.69, 9.17) is 9.47 Å². The van der Waals surface area contributed by atoms with Gasteiger partial charge in [0.15, 0.2) is 0 Å².